The Balaban J connectivity index is 1.67. The molecule has 0 fully saturated rings. The van der Waals surface area contributed by atoms with Gasteiger partial charge in [0.15, 0.2) is 5.78 Å². The Kier molecular flexibility index (Phi) is 7.33. The molecule has 0 aliphatic heterocycles. The van der Waals surface area contributed by atoms with Gasteiger partial charge in [-0.25, -0.2) is 0 Å². The highest BCUT2D eigenvalue weighted by Crippen LogP contribution is 2.20. The summed E-state index contributed by atoms with van der Waals surface area (Å²) in [7, 11) is 0. The molecule has 0 saturated carbocycles. The molecule has 2 amide bonds. The highest BCUT2D eigenvalue weighted by atomic mass is 35.5. The molecule has 0 radical (unpaired) electrons. The predicted octanol–water partition coefficient (Wildman–Crippen LogP) is 3.38. The fourth-order valence-electron chi connectivity index (χ4n) is 2.10. The van der Waals surface area contributed by atoms with Crippen LogP contribution in [0.4, 0.5) is 5.69 Å². The number of nitrogens with zero attached hydrogens (tertiary/aromatic N) is 1. The van der Waals surface area contributed by atoms with Gasteiger partial charge in [0.1, 0.15) is 6.07 Å². The van der Waals surface area contributed by atoms with Gasteiger partial charge in [-0.3, -0.25) is 14.4 Å². The molecule has 1 heterocycles. The van der Waals surface area contributed by atoms with Gasteiger partial charge in [0.25, 0.3) is 0 Å². The lowest BCUT2D eigenvalue weighted by Gasteiger charge is -2.07. The van der Waals surface area contributed by atoms with Crippen LogP contribution in [0.1, 0.15) is 34.5 Å². The molecule has 1 aromatic heterocycles. The maximum atomic E-state index is 11.9. The Morgan fingerprint density at radius 1 is 1.12 bits per heavy atom. The lowest BCUT2D eigenvalue weighted by molar-refractivity contribution is -0.121. The largest absolute Gasteiger partial charge is 0.356 e. The first kappa shape index (κ1) is 19.6. The van der Waals surface area contributed by atoms with Gasteiger partial charge in [-0.1, -0.05) is 17.7 Å². The van der Waals surface area contributed by atoms with Gasteiger partial charge in [0.2, 0.25) is 11.8 Å². The zero-order valence-electron chi connectivity index (χ0n) is 13.8. The maximum absolute atomic E-state index is 11.9. The van der Waals surface area contributed by atoms with E-state index in [1.165, 1.54) is 23.5 Å². The number of nitrogens with one attached hydrogen (secondary N) is 2. The normalized spacial score (nSPS) is 10.0. The smallest absolute Gasteiger partial charge is 0.226 e. The van der Waals surface area contributed by atoms with E-state index >= 15 is 0 Å². The molecule has 2 rings (SSSR count). The van der Waals surface area contributed by atoms with Gasteiger partial charge in [-0.05, 0) is 29.6 Å². The highest BCUT2D eigenvalue weighted by molar-refractivity contribution is 7.12. The van der Waals surface area contributed by atoms with Crippen LogP contribution in [-0.2, 0) is 9.59 Å². The van der Waals surface area contributed by atoms with Crippen molar-refractivity contribution in [3.8, 4) is 6.07 Å². The molecule has 134 valence electrons. The minimum absolute atomic E-state index is 0.0643. The number of benzene rings is 1. The van der Waals surface area contributed by atoms with Crippen LogP contribution in [-0.4, -0.2) is 24.1 Å². The molecule has 2 aromatic rings. The van der Waals surface area contributed by atoms with E-state index in [4.69, 9.17) is 16.9 Å². The third-order valence-electron chi connectivity index (χ3n) is 3.42. The molecule has 1 aromatic carbocycles. The number of anilines is 1. The Hall–Kier alpha value is -2.69. The number of carbonyl (C=O) groups excluding carboxylic acids is 3. The van der Waals surface area contributed by atoms with Gasteiger partial charge in [0.05, 0.1) is 15.5 Å². The number of ketones is 1. The van der Waals surface area contributed by atoms with E-state index < -0.39 is 0 Å². The number of halogens is 1. The van der Waals surface area contributed by atoms with Crippen molar-refractivity contribution in [2.45, 2.75) is 19.3 Å². The maximum Gasteiger partial charge on any atom is 0.226 e. The van der Waals surface area contributed by atoms with E-state index in [1.807, 2.05) is 11.4 Å². The number of carbonyl (C=O) groups is 3. The Bertz CT molecular complexity index is 844. The third kappa shape index (κ3) is 5.99. The van der Waals surface area contributed by atoms with Crippen LogP contribution < -0.4 is 10.6 Å². The SMILES string of the molecule is N#Cc1ccc(NC(=O)CCNC(=O)CCC(=O)c2cccs2)cc1Cl. The topological polar surface area (TPSA) is 99.1 Å². The molecule has 0 bridgehead atoms. The van der Waals surface area contributed by atoms with Crippen LogP contribution in [0.3, 0.4) is 0 Å². The average Bonchev–Trinajstić information content (AvgIpc) is 3.14. The summed E-state index contributed by atoms with van der Waals surface area (Å²) in [6.07, 6.45) is 0.314. The van der Waals surface area contributed by atoms with E-state index in [2.05, 4.69) is 10.6 Å². The summed E-state index contributed by atoms with van der Waals surface area (Å²) in [5, 5.41) is 16.1. The number of amides is 2. The number of rotatable bonds is 8. The monoisotopic (exact) mass is 389 g/mol. The lowest BCUT2D eigenvalue weighted by Crippen LogP contribution is -2.27. The predicted molar refractivity (Wildman–Crippen MR) is 100 cm³/mol. The van der Waals surface area contributed by atoms with Crippen LogP contribution in [0.2, 0.25) is 5.02 Å². The van der Waals surface area contributed by atoms with Crippen molar-refractivity contribution in [3.05, 3.63) is 51.2 Å². The van der Waals surface area contributed by atoms with E-state index in [9.17, 15) is 14.4 Å². The molecule has 2 N–H and O–H groups in total. The van der Waals surface area contributed by atoms with Crippen LogP contribution in [0.15, 0.2) is 35.7 Å². The quantitative estimate of drug-likeness (QED) is 0.676. The summed E-state index contributed by atoms with van der Waals surface area (Å²) in [4.78, 5) is 36.0. The number of Topliss-reactive ketones (excluding diaryl/α,β-unsaturated/α-hetero) is 1. The summed E-state index contributed by atoms with van der Waals surface area (Å²) in [5.74, 6) is -0.629. The lowest BCUT2D eigenvalue weighted by atomic mass is 10.2. The molecule has 26 heavy (non-hydrogen) atoms. The zero-order valence-corrected chi connectivity index (χ0v) is 15.3. The standard InChI is InChI=1S/C18H16ClN3O3S/c19-14-10-13(4-3-12(14)11-20)22-18(25)7-8-21-17(24)6-5-15(23)16-2-1-9-26-16/h1-4,9-10H,5-8H2,(H,21,24)(H,22,25). The van der Waals surface area contributed by atoms with Gasteiger partial charge in [-0.2, -0.15) is 5.26 Å². The fraction of sp³-hybridized carbons (Fsp3) is 0.222. The van der Waals surface area contributed by atoms with E-state index in [0.717, 1.165) is 0 Å². The third-order valence-corrected chi connectivity index (χ3v) is 4.65. The number of hydrogen-bond acceptors (Lipinski definition) is 5. The van der Waals surface area contributed by atoms with E-state index in [0.29, 0.717) is 16.1 Å². The molecular weight excluding hydrogens is 374 g/mol. The second kappa shape index (κ2) is 9.70. The molecular formula is C18H16ClN3O3S. The summed E-state index contributed by atoms with van der Waals surface area (Å²) < 4.78 is 0. The first-order valence-corrected chi connectivity index (χ1v) is 9.08. The van der Waals surface area contributed by atoms with Crippen molar-refractivity contribution in [3.63, 3.8) is 0 Å². The molecule has 0 aliphatic carbocycles. The molecule has 6 nitrogen and oxygen atoms in total. The molecule has 0 aliphatic rings. The van der Waals surface area contributed by atoms with E-state index in [-0.39, 0.29) is 48.4 Å². The molecule has 0 unspecified atom stereocenters. The number of nitriles is 1. The average molecular weight is 390 g/mol. The number of hydrogen-bond donors (Lipinski definition) is 2. The molecule has 8 heteroatoms. The first-order valence-electron chi connectivity index (χ1n) is 7.82. The fourth-order valence-corrected chi connectivity index (χ4v) is 3.02. The van der Waals surface area contributed by atoms with Crippen molar-refractivity contribution >= 4 is 46.2 Å². The molecule has 0 atom stereocenters. The van der Waals surface area contributed by atoms with Crippen LogP contribution >= 0.6 is 22.9 Å². The van der Waals surface area contributed by atoms with Gasteiger partial charge in [-0.15, -0.1) is 11.3 Å². The van der Waals surface area contributed by atoms with Crippen LogP contribution in [0.25, 0.3) is 0 Å². The first-order chi connectivity index (χ1) is 12.5. The minimum atomic E-state index is -0.291. The Morgan fingerprint density at radius 2 is 1.92 bits per heavy atom. The second-order valence-electron chi connectivity index (χ2n) is 5.36. The van der Waals surface area contributed by atoms with Crippen molar-refractivity contribution in [2.24, 2.45) is 0 Å². The molecule has 0 saturated heterocycles. The Labute approximate surface area is 159 Å². The summed E-state index contributed by atoms with van der Waals surface area (Å²) in [6.45, 7) is 0.169. The highest BCUT2D eigenvalue weighted by Gasteiger charge is 2.11. The number of thiophene rings is 1. The summed E-state index contributed by atoms with van der Waals surface area (Å²) in [6, 6.07) is 10.0. The Morgan fingerprint density at radius 3 is 2.58 bits per heavy atom. The van der Waals surface area contributed by atoms with Gasteiger partial charge >= 0.3 is 0 Å². The van der Waals surface area contributed by atoms with Crippen LogP contribution in [0.5, 0.6) is 0 Å². The van der Waals surface area contributed by atoms with Crippen molar-refractivity contribution in [1.29, 1.82) is 5.26 Å². The van der Waals surface area contributed by atoms with Crippen molar-refractivity contribution in [2.75, 3.05) is 11.9 Å². The summed E-state index contributed by atoms with van der Waals surface area (Å²) in [5.41, 5.74) is 0.806. The van der Waals surface area contributed by atoms with E-state index in [1.54, 1.807) is 18.2 Å². The van der Waals surface area contributed by atoms with Crippen molar-refractivity contribution < 1.29 is 14.4 Å². The molecule has 0 spiro atoms. The van der Waals surface area contributed by atoms with Gasteiger partial charge < -0.3 is 10.6 Å². The van der Waals surface area contributed by atoms with Crippen LogP contribution in [0, 0.1) is 11.3 Å². The summed E-state index contributed by atoms with van der Waals surface area (Å²) >= 11 is 7.25. The second-order valence-corrected chi connectivity index (χ2v) is 6.71. The zero-order chi connectivity index (χ0) is 18.9. The minimum Gasteiger partial charge on any atom is -0.356 e. The van der Waals surface area contributed by atoms with Gasteiger partial charge in [0, 0.05) is 31.5 Å². The van der Waals surface area contributed by atoms with Crippen molar-refractivity contribution in [1.82, 2.24) is 5.32 Å².